The number of sulfonamides is 2. The van der Waals surface area contributed by atoms with Gasteiger partial charge in [0.1, 0.15) is 0 Å². The van der Waals surface area contributed by atoms with Crippen molar-refractivity contribution in [1.29, 1.82) is 0 Å². The lowest BCUT2D eigenvalue weighted by molar-refractivity contribution is -0.120. The van der Waals surface area contributed by atoms with Crippen LogP contribution in [0.5, 0.6) is 0 Å². The van der Waals surface area contributed by atoms with Gasteiger partial charge in [0.15, 0.2) is 0 Å². The molecule has 1 aromatic heterocycles. The van der Waals surface area contributed by atoms with Crippen LogP contribution in [0.2, 0.25) is 0 Å². The van der Waals surface area contributed by atoms with Gasteiger partial charge in [-0.15, -0.1) is 0 Å². The summed E-state index contributed by atoms with van der Waals surface area (Å²) in [5.41, 5.74) is 2.19. The summed E-state index contributed by atoms with van der Waals surface area (Å²) in [7, 11) is -7.26. The van der Waals surface area contributed by atoms with E-state index in [1.54, 1.807) is 13.0 Å². The van der Waals surface area contributed by atoms with Crippen LogP contribution in [0.25, 0.3) is 0 Å². The van der Waals surface area contributed by atoms with Crippen LogP contribution in [-0.4, -0.2) is 55.9 Å². The third-order valence-electron chi connectivity index (χ3n) is 6.38. The number of aryl methyl sites for hydroxylation is 2. The zero-order valence-electron chi connectivity index (χ0n) is 21.1. The van der Waals surface area contributed by atoms with Crippen LogP contribution < -0.4 is 10.0 Å². The molecular formula is C26H31N5O5S2. The molecule has 0 bridgehead atoms. The van der Waals surface area contributed by atoms with Gasteiger partial charge in [-0.05, 0) is 68.5 Å². The van der Waals surface area contributed by atoms with E-state index in [2.05, 4.69) is 20.0 Å². The van der Waals surface area contributed by atoms with Gasteiger partial charge in [-0.25, -0.2) is 35.8 Å². The highest BCUT2D eigenvalue weighted by Gasteiger charge is 2.31. The topological polar surface area (TPSA) is 138 Å². The van der Waals surface area contributed by atoms with Gasteiger partial charge in [0.25, 0.3) is 10.0 Å². The van der Waals surface area contributed by atoms with E-state index in [9.17, 15) is 21.6 Å². The van der Waals surface area contributed by atoms with Gasteiger partial charge in [-0.2, -0.15) is 0 Å². The number of rotatable bonds is 10. The maximum atomic E-state index is 12.8. The standard InChI is InChI=1S/C26H31N5O5S2/c1-20-13-16-27-26(28-20)30-38(35,36)24-11-9-23(10-12-24)29-25(32)22-14-17-31(18-15-22)37(33,34)19-5-8-21-6-3-2-4-7-21/h2-4,6-7,9-13,16,22H,5,8,14-15,17-19H2,1H3,(H,29,32)(H,27,28,30). The summed E-state index contributed by atoms with van der Waals surface area (Å²) >= 11 is 0. The highest BCUT2D eigenvalue weighted by Crippen LogP contribution is 2.23. The Hall–Kier alpha value is -3.35. The molecule has 3 aromatic rings. The van der Waals surface area contributed by atoms with Crippen LogP contribution in [0.1, 0.15) is 30.5 Å². The molecule has 2 N–H and O–H groups in total. The quantitative estimate of drug-likeness (QED) is 0.390. The first kappa shape index (κ1) is 27.7. The minimum atomic E-state index is -3.89. The molecule has 2 heterocycles. The van der Waals surface area contributed by atoms with Crippen molar-refractivity contribution in [2.45, 2.75) is 37.5 Å². The van der Waals surface area contributed by atoms with Crippen molar-refractivity contribution in [3.8, 4) is 0 Å². The van der Waals surface area contributed by atoms with Crippen molar-refractivity contribution in [3.05, 3.63) is 78.1 Å². The molecule has 1 aliphatic rings. The van der Waals surface area contributed by atoms with E-state index < -0.39 is 20.0 Å². The number of amides is 1. The zero-order chi connectivity index (χ0) is 27.2. The Balaban J connectivity index is 1.26. The van der Waals surface area contributed by atoms with Crippen LogP contribution in [0.4, 0.5) is 11.6 Å². The normalized spacial score (nSPS) is 15.2. The number of nitrogens with one attached hydrogen (secondary N) is 2. The fourth-order valence-corrected chi connectivity index (χ4v) is 6.75. The Morgan fingerprint density at radius 3 is 2.32 bits per heavy atom. The van der Waals surface area contributed by atoms with Crippen LogP contribution in [0, 0.1) is 12.8 Å². The summed E-state index contributed by atoms with van der Waals surface area (Å²) in [5.74, 6) is -0.479. The summed E-state index contributed by atoms with van der Waals surface area (Å²) in [6.07, 6.45) is 3.57. The molecule has 1 aliphatic heterocycles. The molecular weight excluding hydrogens is 526 g/mol. The molecule has 0 atom stereocenters. The number of aromatic nitrogens is 2. The number of hydrogen-bond acceptors (Lipinski definition) is 7. The summed E-state index contributed by atoms with van der Waals surface area (Å²) in [6.45, 7) is 2.33. The van der Waals surface area contributed by atoms with Crippen molar-refractivity contribution in [3.63, 3.8) is 0 Å². The molecule has 1 amide bonds. The number of nitrogens with zero attached hydrogens (tertiary/aromatic N) is 3. The minimum absolute atomic E-state index is 0.00591. The smallest absolute Gasteiger partial charge is 0.264 e. The number of carbonyl (C=O) groups is 1. The van der Waals surface area contributed by atoms with Crippen molar-refractivity contribution in [1.82, 2.24) is 14.3 Å². The van der Waals surface area contributed by atoms with E-state index in [0.29, 0.717) is 50.2 Å². The first-order valence-electron chi connectivity index (χ1n) is 12.4. The third kappa shape index (κ3) is 7.36. The first-order chi connectivity index (χ1) is 18.1. The maximum Gasteiger partial charge on any atom is 0.264 e. The Morgan fingerprint density at radius 2 is 1.66 bits per heavy atom. The lowest BCUT2D eigenvalue weighted by Crippen LogP contribution is -2.42. The predicted octanol–water partition coefficient (Wildman–Crippen LogP) is 3.20. The lowest BCUT2D eigenvalue weighted by Gasteiger charge is -2.30. The summed E-state index contributed by atoms with van der Waals surface area (Å²) in [5, 5.41) is 2.81. The van der Waals surface area contributed by atoms with Crippen molar-refractivity contribution in [2.75, 3.05) is 28.9 Å². The second-order valence-electron chi connectivity index (χ2n) is 9.22. The molecule has 38 heavy (non-hydrogen) atoms. The Labute approximate surface area is 223 Å². The molecule has 12 heteroatoms. The fraction of sp³-hybridized carbons (Fsp3) is 0.346. The molecule has 0 saturated carbocycles. The first-order valence-corrected chi connectivity index (χ1v) is 15.5. The van der Waals surface area contributed by atoms with Crippen LogP contribution in [0.15, 0.2) is 71.8 Å². The molecule has 10 nitrogen and oxygen atoms in total. The number of benzene rings is 2. The summed E-state index contributed by atoms with van der Waals surface area (Å²) < 4.78 is 54.5. The van der Waals surface area contributed by atoms with E-state index >= 15 is 0 Å². The second-order valence-corrected chi connectivity index (χ2v) is 13.0. The highest BCUT2D eigenvalue weighted by atomic mass is 32.2. The molecule has 1 fully saturated rings. The van der Waals surface area contributed by atoms with Crippen molar-refractivity contribution >= 4 is 37.6 Å². The summed E-state index contributed by atoms with van der Waals surface area (Å²) in [6, 6.07) is 17.2. The van der Waals surface area contributed by atoms with E-state index in [4.69, 9.17) is 0 Å². The molecule has 0 spiro atoms. The molecule has 0 aliphatic carbocycles. The highest BCUT2D eigenvalue weighted by molar-refractivity contribution is 7.92. The van der Waals surface area contributed by atoms with Crippen molar-refractivity contribution in [2.24, 2.45) is 5.92 Å². The predicted molar refractivity (Wildman–Crippen MR) is 145 cm³/mol. The van der Waals surface area contributed by atoms with Crippen LogP contribution in [-0.2, 0) is 31.3 Å². The lowest BCUT2D eigenvalue weighted by atomic mass is 9.97. The van der Waals surface area contributed by atoms with Gasteiger partial charge >= 0.3 is 0 Å². The summed E-state index contributed by atoms with van der Waals surface area (Å²) in [4.78, 5) is 20.7. The van der Waals surface area contributed by atoms with Crippen molar-refractivity contribution < 1.29 is 21.6 Å². The Kier molecular flexibility index (Phi) is 8.75. The number of carbonyl (C=O) groups excluding carboxylic acids is 1. The monoisotopic (exact) mass is 557 g/mol. The maximum absolute atomic E-state index is 12.8. The van der Waals surface area contributed by atoms with Gasteiger partial charge < -0.3 is 5.32 Å². The largest absolute Gasteiger partial charge is 0.326 e. The Morgan fingerprint density at radius 1 is 0.974 bits per heavy atom. The van der Waals surface area contributed by atoms with Gasteiger partial charge in [-0.1, -0.05) is 30.3 Å². The van der Waals surface area contributed by atoms with Crippen LogP contribution in [0.3, 0.4) is 0 Å². The van der Waals surface area contributed by atoms with Gasteiger partial charge in [-0.3, -0.25) is 4.79 Å². The number of anilines is 2. The Bertz CT molecular complexity index is 1460. The van der Waals surface area contributed by atoms with E-state index in [1.807, 2.05) is 30.3 Å². The average Bonchev–Trinajstić information content (AvgIpc) is 2.89. The molecule has 2 aromatic carbocycles. The molecule has 1 saturated heterocycles. The molecule has 4 rings (SSSR count). The fourth-order valence-electron chi connectivity index (χ4n) is 4.27. The SMILES string of the molecule is Cc1ccnc(NS(=O)(=O)c2ccc(NC(=O)C3CCN(S(=O)(=O)CCCc4ccccc4)CC3)cc2)n1. The van der Waals surface area contributed by atoms with Gasteiger partial charge in [0.05, 0.1) is 10.6 Å². The number of piperidine rings is 1. The van der Waals surface area contributed by atoms with E-state index in [0.717, 1.165) is 5.56 Å². The van der Waals surface area contributed by atoms with E-state index in [1.165, 1.54) is 34.8 Å². The number of hydrogen-bond donors (Lipinski definition) is 2. The molecule has 202 valence electrons. The molecule has 0 unspecified atom stereocenters. The van der Waals surface area contributed by atoms with Gasteiger partial charge in [0, 0.05) is 36.6 Å². The van der Waals surface area contributed by atoms with Crippen LogP contribution >= 0.6 is 0 Å². The minimum Gasteiger partial charge on any atom is -0.326 e. The van der Waals surface area contributed by atoms with E-state index in [-0.39, 0.29) is 28.4 Å². The zero-order valence-corrected chi connectivity index (χ0v) is 22.7. The average molecular weight is 558 g/mol. The second kappa shape index (κ2) is 12.0. The molecule has 0 radical (unpaired) electrons. The van der Waals surface area contributed by atoms with Gasteiger partial charge in [0.2, 0.25) is 21.9 Å². The third-order valence-corrected chi connectivity index (χ3v) is 9.68.